The lowest BCUT2D eigenvalue weighted by atomic mass is 9.98. The van der Waals surface area contributed by atoms with Crippen molar-refractivity contribution in [3.05, 3.63) is 22.2 Å². The molecule has 0 aromatic carbocycles. The highest BCUT2D eigenvalue weighted by Crippen LogP contribution is 2.48. The third-order valence-electron chi connectivity index (χ3n) is 8.32. The molecular weight excluding hydrogens is 678 g/mol. The van der Waals surface area contributed by atoms with E-state index in [1.807, 2.05) is 0 Å². The number of carboxylic acid groups (broad SMARTS) is 1. The van der Waals surface area contributed by atoms with Gasteiger partial charge in [0.15, 0.2) is 0 Å². The summed E-state index contributed by atoms with van der Waals surface area (Å²) in [6, 6.07) is 4.44. The van der Waals surface area contributed by atoms with E-state index < -0.39 is 40.0 Å². The van der Waals surface area contributed by atoms with Gasteiger partial charge in [0.1, 0.15) is 32.2 Å². The molecule has 1 aliphatic heterocycles. The smallest absolute Gasteiger partial charge is 0.410 e. The summed E-state index contributed by atoms with van der Waals surface area (Å²) in [5.41, 5.74) is -1.21. The number of aromatic nitrogens is 1. The van der Waals surface area contributed by atoms with E-state index in [0.717, 1.165) is 35.4 Å². The standard InChI is InChI=1S/C24H37BrFIN4O3SSi/c1-7-36(8-2,9-3)16-12-17(25)29-19(18(16)26)23(6)15-35(34,28-14-24(13-27)10-11-24)22(4,5)20(31-23)30-21(32)33/h12H,7-11,13-15H2,1-6H3,(H,30,31)(H,32,33)/t23-,35?/m0/s1. The van der Waals surface area contributed by atoms with Crippen molar-refractivity contribution in [2.75, 3.05) is 16.7 Å². The number of pyridine rings is 1. The Morgan fingerprint density at radius 3 is 2.33 bits per heavy atom. The molecule has 1 saturated carbocycles. The lowest BCUT2D eigenvalue weighted by Crippen LogP contribution is -2.58. The lowest BCUT2D eigenvalue weighted by Gasteiger charge is -2.41. The van der Waals surface area contributed by atoms with Crippen molar-refractivity contribution in [3.63, 3.8) is 0 Å². The Balaban J connectivity index is 2.28. The molecule has 0 radical (unpaired) electrons. The molecular formula is C24H37BrFIN4O3SSi. The molecule has 202 valence electrons. The number of alkyl halides is 1. The molecule has 0 spiro atoms. The van der Waals surface area contributed by atoms with Crippen molar-refractivity contribution >= 4 is 73.4 Å². The molecule has 1 aromatic heterocycles. The number of rotatable bonds is 8. The summed E-state index contributed by atoms with van der Waals surface area (Å²) >= 11 is 5.83. The van der Waals surface area contributed by atoms with Crippen molar-refractivity contribution in [2.24, 2.45) is 14.8 Å². The first-order chi connectivity index (χ1) is 16.7. The quantitative estimate of drug-likeness (QED) is 0.148. The first-order valence-corrected chi connectivity index (χ1v) is 19.0. The molecule has 2 aliphatic rings. The van der Waals surface area contributed by atoms with Gasteiger partial charge in [0.2, 0.25) is 0 Å². The van der Waals surface area contributed by atoms with Crippen LogP contribution in [0.25, 0.3) is 0 Å². The molecule has 1 aromatic rings. The highest BCUT2D eigenvalue weighted by Gasteiger charge is 2.52. The van der Waals surface area contributed by atoms with Gasteiger partial charge in [-0.05, 0) is 66.2 Å². The molecule has 3 rings (SSSR count). The average Bonchev–Trinajstić information content (AvgIpc) is 3.60. The molecule has 7 nitrogen and oxygen atoms in total. The van der Waals surface area contributed by atoms with Crippen LogP contribution in [0.15, 0.2) is 20.0 Å². The van der Waals surface area contributed by atoms with Gasteiger partial charge >= 0.3 is 6.09 Å². The Morgan fingerprint density at radius 1 is 1.28 bits per heavy atom. The van der Waals surface area contributed by atoms with Crippen LogP contribution in [0.5, 0.6) is 0 Å². The number of halogens is 3. The van der Waals surface area contributed by atoms with Gasteiger partial charge in [0.05, 0.1) is 30.1 Å². The Bertz CT molecular complexity index is 1190. The van der Waals surface area contributed by atoms with Crippen molar-refractivity contribution in [1.29, 1.82) is 0 Å². The maximum absolute atomic E-state index is 16.4. The summed E-state index contributed by atoms with van der Waals surface area (Å²) in [5.74, 6) is -0.415. The Hall–Kier alpha value is -0.603. The highest BCUT2D eigenvalue weighted by atomic mass is 127. The molecule has 1 aliphatic carbocycles. The molecule has 2 atom stereocenters. The molecule has 0 bridgehead atoms. The van der Waals surface area contributed by atoms with Crippen molar-refractivity contribution < 1.29 is 18.5 Å². The predicted octanol–water partition coefficient (Wildman–Crippen LogP) is 6.06. The van der Waals surface area contributed by atoms with E-state index in [-0.39, 0.29) is 22.7 Å². The first-order valence-electron chi connectivity index (χ1n) is 12.4. The predicted molar refractivity (Wildman–Crippen MR) is 160 cm³/mol. The molecule has 1 fully saturated rings. The first kappa shape index (κ1) is 29.9. The normalized spacial score (nSPS) is 26.8. The van der Waals surface area contributed by atoms with Gasteiger partial charge in [0.25, 0.3) is 0 Å². The van der Waals surface area contributed by atoms with Crippen LogP contribution in [-0.4, -0.2) is 55.8 Å². The number of aliphatic imine (C=N–C) groups is 1. The van der Waals surface area contributed by atoms with Crippen molar-refractivity contribution in [2.45, 2.75) is 82.8 Å². The van der Waals surface area contributed by atoms with Crippen LogP contribution >= 0.6 is 38.5 Å². The summed E-state index contributed by atoms with van der Waals surface area (Å²) in [7, 11) is -5.20. The Kier molecular flexibility index (Phi) is 8.75. The van der Waals surface area contributed by atoms with E-state index in [4.69, 9.17) is 9.36 Å². The number of amidine groups is 1. The second-order valence-electron chi connectivity index (χ2n) is 10.9. The third kappa shape index (κ3) is 5.29. The number of hydrogen-bond acceptors (Lipinski definition) is 5. The highest BCUT2D eigenvalue weighted by molar-refractivity contribution is 14.1. The maximum atomic E-state index is 16.4. The summed E-state index contributed by atoms with van der Waals surface area (Å²) in [6.07, 6.45) is 0.755. The number of amides is 1. The number of carbonyl (C=O) groups is 1. The van der Waals surface area contributed by atoms with E-state index in [2.05, 4.69) is 69.6 Å². The van der Waals surface area contributed by atoms with E-state index in [1.54, 1.807) is 26.8 Å². The van der Waals surface area contributed by atoms with Crippen LogP contribution in [0.1, 0.15) is 60.1 Å². The summed E-state index contributed by atoms with van der Waals surface area (Å²) in [6.45, 7) is 11.9. The monoisotopic (exact) mass is 714 g/mol. The van der Waals surface area contributed by atoms with Gasteiger partial charge < -0.3 is 5.11 Å². The Labute approximate surface area is 237 Å². The molecule has 36 heavy (non-hydrogen) atoms. The van der Waals surface area contributed by atoms with Gasteiger partial charge in [-0.25, -0.2) is 22.7 Å². The number of nitrogens with zero attached hydrogens (tertiary/aromatic N) is 3. The topological polar surface area (TPSA) is 104 Å². The third-order valence-corrected chi connectivity index (χ3v) is 19.2. The number of hydrogen-bond donors (Lipinski definition) is 2. The van der Waals surface area contributed by atoms with E-state index in [0.29, 0.717) is 16.3 Å². The minimum Gasteiger partial charge on any atom is -0.465 e. The van der Waals surface area contributed by atoms with Crippen LogP contribution < -0.4 is 10.5 Å². The summed E-state index contributed by atoms with van der Waals surface area (Å²) in [4.78, 5) is 21.0. The Morgan fingerprint density at radius 2 is 1.86 bits per heavy atom. The van der Waals surface area contributed by atoms with Crippen LogP contribution in [0.2, 0.25) is 18.1 Å². The van der Waals surface area contributed by atoms with E-state index in [9.17, 15) is 14.1 Å². The van der Waals surface area contributed by atoms with Crippen molar-refractivity contribution in [3.8, 4) is 0 Å². The van der Waals surface area contributed by atoms with Crippen LogP contribution in [0.4, 0.5) is 9.18 Å². The second kappa shape index (κ2) is 10.5. The van der Waals surface area contributed by atoms with Crippen LogP contribution in [-0.2, 0) is 15.3 Å². The van der Waals surface area contributed by atoms with Gasteiger partial charge in [-0.15, -0.1) is 0 Å². The fourth-order valence-corrected chi connectivity index (χ4v) is 13.0. The van der Waals surface area contributed by atoms with Gasteiger partial charge in [-0.3, -0.25) is 10.3 Å². The van der Waals surface area contributed by atoms with Gasteiger partial charge in [-0.2, -0.15) is 0 Å². The second-order valence-corrected chi connectivity index (χ2v) is 20.5. The van der Waals surface area contributed by atoms with E-state index >= 15 is 4.39 Å². The van der Waals surface area contributed by atoms with Crippen LogP contribution in [0, 0.1) is 11.2 Å². The zero-order valence-corrected chi connectivity index (χ0v) is 27.4. The number of nitrogens with one attached hydrogen (secondary N) is 1. The lowest BCUT2D eigenvalue weighted by molar-refractivity contribution is 0.199. The fourth-order valence-electron chi connectivity index (χ4n) is 5.05. The van der Waals surface area contributed by atoms with Gasteiger partial charge in [0, 0.05) is 4.43 Å². The average molecular weight is 716 g/mol. The fraction of sp³-hybridized carbons (Fsp3) is 0.708. The molecule has 0 saturated heterocycles. The minimum atomic E-state index is -3.06. The molecule has 12 heteroatoms. The summed E-state index contributed by atoms with van der Waals surface area (Å²) < 4.78 is 36.1. The SMILES string of the molecule is CC[Si](CC)(CC)c1cc(Br)nc([C@]2(C)CS(=O)(=NCC3(CI)CC3)C(C)(C)C(NC(=O)O)=N2)c1F. The largest absolute Gasteiger partial charge is 0.465 e. The van der Waals surface area contributed by atoms with Crippen LogP contribution in [0.3, 0.4) is 0 Å². The maximum Gasteiger partial charge on any atom is 0.410 e. The summed E-state index contributed by atoms with van der Waals surface area (Å²) in [5, 5.41) is 12.6. The zero-order valence-electron chi connectivity index (χ0n) is 21.9. The minimum absolute atomic E-state index is 0.0320. The van der Waals surface area contributed by atoms with Gasteiger partial charge in [-0.1, -0.05) is 61.5 Å². The molecule has 1 amide bonds. The van der Waals surface area contributed by atoms with E-state index in [1.165, 1.54) is 0 Å². The van der Waals surface area contributed by atoms with Crippen molar-refractivity contribution in [1.82, 2.24) is 10.3 Å². The molecule has 2 heterocycles. The molecule has 2 N–H and O–H groups in total. The molecule has 1 unspecified atom stereocenters. The zero-order chi connectivity index (χ0) is 27.2.